The van der Waals surface area contributed by atoms with Crippen LogP contribution >= 0.6 is 34.5 Å². The van der Waals surface area contributed by atoms with Gasteiger partial charge in [0.1, 0.15) is 11.5 Å². The smallest absolute Gasteiger partial charge is 0.350 e. The number of esters is 1. The summed E-state index contributed by atoms with van der Waals surface area (Å²) in [5, 5.41) is 1.64. The molecule has 0 fully saturated rings. The average molecular weight is 385 g/mol. The SMILES string of the molecule is COc1ccc(COC(=O)c2sc3cc(Cl)ccc3c2Cl)cc1F. The highest BCUT2D eigenvalue weighted by Gasteiger charge is 2.19. The van der Waals surface area contributed by atoms with Gasteiger partial charge in [0.25, 0.3) is 0 Å². The third-order valence-electron chi connectivity index (χ3n) is 3.36. The summed E-state index contributed by atoms with van der Waals surface area (Å²) >= 11 is 13.4. The molecule has 1 aromatic heterocycles. The summed E-state index contributed by atoms with van der Waals surface area (Å²) in [6, 6.07) is 9.57. The first kappa shape index (κ1) is 17.0. The van der Waals surface area contributed by atoms with Crippen molar-refractivity contribution in [3.63, 3.8) is 0 Å². The Morgan fingerprint density at radius 1 is 1.21 bits per heavy atom. The van der Waals surface area contributed by atoms with Crippen LogP contribution in [0.4, 0.5) is 4.39 Å². The molecule has 3 rings (SSSR count). The van der Waals surface area contributed by atoms with E-state index < -0.39 is 11.8 Å². The van der Waals surface area contributed by atoms with Crippen LogP contribution in [0.1, 0.15) is 15.2 Å². The number of ether oxygens (including phenoxy) is 2. The molecule has 0 unspecified atom stereocenters. The van der Waals surface area contributed by atoms with Gasteiger partial charge in [0.05, 0.1) is 12.1 Å². The Balaban J connectivity index is 1.78. The fourth-order valence-electron chi connectivity index (χ4n) is 2.18. The number of carbonyl (C=O) groups excluding carboxylic acids is 1. The van der Waals surface area contributed by atoms with E-state index in [0.717, 1.165) is 10.1 Å². The molecule has 0 spiro atoms. The van der Waals surface area contributed by atoms with Crippen molar-refractivity contribution >= 4 is 50.6 Å². The minimum atomic E-state index is -0.562. The third kappa shape index (κ3) is 3.34. The van der Waals surface area contributed by atoms with Crippen LogP contribution in [-0.4, -0.2) is 13.1 Å². The Morgan fingerprint density at radius 2 is 2.00 bits per heavy atom. The highest BCUT2D eigenvalue weighted by atomic mass is 35.5. The molecule has 124 valence electrons. The molecule has 24 heavy (non-hydrogen) atoms. The van der Waals surface area contributed by atoms with Gasteiger partial charge in [-0.1, -0.05) is 35.3 Å². The maximum Gasteiger partial charge on any atom is 0.350 e. The van der Waals surface area contributed by atoms with Gasteiger partial charge in [0, 0.05) is 15.1 Å². The Kier molecular flexibility index (Phi) is 4.94. The fourth-order valence-corrected chi connectivity index (χ4v) is 3.86. The molecule has 3 nitrogen and oxygen atoms in total. The van der Waals surface area contributed by atoms with E-state index in [1.54, 1.807) is 24.3 Å². The Morgan fingerprint density at radius 3 is 2.71 bits per heavy atom. The minimum absolute atomic E-state index is 0.0644. The first-order valence-corrected chi connectivity index (χ1v) is 8.44. The molecule has 3 aromatic rings. The van der Waals surface area contributed by atoms with Crippen LogP contribution in [0.15, 0.2) is 36.4 Å². The maximum atomic E-state index is 13.6. The molecule has 0 radical (unpaired) electrons. The molecule has 0 N–H and O–H groups in total. The van der Waals surface area contributed by atoms with Gasteiger partial charge in [-0.25, -0.2) is 9.18 Å². The lowest BCUT2D eigenvalue weighted by Crippen LogP contribution is -2.04. The second kappa shape index (κ2) is 6.97. The Labute approximate surface area is 151 Å². The second-order valence-corrected chi connectivity index (χ2v) is 6.80. The minimum Gasteiger partial charge on any atom is -0.494 e. The van der Waals surface area contributed by atoms with Crippen LogP contribution in [-0.2, 0) is 11.3 Å². The largest absolute Gasteiger partial charge is 0.494 e. The van der Waals surface area contributed by atoms with Crippen LogP contribution < -0.4 is 4.74 Å². The number of thiophene rings is 1. The second-order valence-electron chi connectivity index (χ2n) is 4.93. The number of halogens is 3. The number of hydrogen-bond acceptors (Lipinski definition) is 4. The van der Waals surface area contributed by atoms with Crippen LogP contribution in [0.5, 0.6) is 5.75 Å². The van der Waals surface area contributed by atoms with Gasteiger partial charge < -0.3 is 9.47 Å². The van der Waals surface area contributed by atoms with Crippen molar-refractivity contribution in [2.75, 3.05) is 7.11 Å². The molecule has 0 aliphatic heterocycles. The molecule has 0 bridgehead atoms. The fraction of sp³-hybridized carbons (Fsp3) is 0.118. The van der Waals surface area contributed by atoms with Gasteiger partial charge in [-0.05, 0) is 29.8 Å². The Bertz CT molecular complexity index is 924. The first-order valence-electron chi connectivity index (χ1n) is 6.86. The zero-order valence-electron chi connectivity index (χ0n) is 12.4. The zero-order valence-corrected chi connectivity index (χ0v) is 14.8. The van der Waals surface area contributed by atoms with E-state index in [1.165, 1.54) is 30.6 Å². The molecule has 0 saturated carbocycles. The van der Waals surface area contributed by atoms with Crippen LogP contribution in [0.25, 0.3) is 10.1 Å². The van der Waals surface area contributed by atoms with Crippen LogP contribution in [0, 0.1) is 5.82 Å². The maximum absolute atomic E-state index is 13.6. The van der Waals surface area contributed by atoms with E-state index in [2.05, 4.69) is 0 Å². The molecule has 1 heterocycles. The standard InChI is InChI=1S/C17H11Cl2FO3S/c1-22-13-5-2-9(6-12(13)20)8-23-17(21)16-15(19)11-4-3-10(18)7-14(11)24-16/h2-7H,8H2,1H3. The van der Waals surface area contributed by atoms with Crippen molar-refractivity contribution in [2.45, 2.75) is 6.61 Å². The molecule has 0 aliphatic rings. The van der Waals surface area contributed by atoms with Crippen LogP contribution in [0.2, 0.25) is 10.0 Å². The molecular formula is C17H11Cl2FO3S. The van der Waals surface area contributed by atoms with Crippen molar-refractivity contribution < 1.29 is 18.7 Å². The van der Waals surface area contributed by atoms with E-state index in [-0.39, 0.29) is 12.4 Å². The molecule has 0 saturated heterocycles. The van der Waals surface area contributed by atoms with E-state index in [0.29, 0.717) is 20.5 Å². The van der Waals surface area contributed by atoms with Crippen molar-refractivity contribution in [1.82, 2.24) is 0 Å². The molecule has 2 aromatic carbocycles. The van der Waals surface area contributed by atoms with Gasteiger partial charge in [-0.15, -0.1) is 11.3 Å². The molecule has 0 amide bonds. The summed E-state index contributed by atoms with van der Waals surface area (Å²) in [6.45, 7) is -0.0644. The highest BCUT2D eigenvalue weighted by molar-refractivity contribution is 7.21. The summed E-state index contributed by atoms with van der Waals surface area (Å²) in [5.74, 6) is -0.941. The van der Waals surface area contributed by atoms with Crippen molar-refractivity contribution in [3.05, 3.63) is 62.7 Å². The summed E-state index contributed by atoms with van der Waals surface area (Å²) < 4.78 is 24.5. The van der Waals surface area contributed by atoms with Gasteiger partial charge >= 0.3 is 5.97 Å². The van der Waals surface area contributed by atoms with Crippen molar-refractivity contribution in [2.24, 2.45) is 0 Å². The van der Waals surface area contributed by atoms with E-state index in [1.807, 2.05) is 0 Å². The van der Waals surface area contributed by atoms with Crippen molar-refractivity contribution in [1.29, 1.82) is 0 Å². The van der Waals surface area contributed by atoms with E-state index in [4.69, 9.17) is 32.7 Å². The van der Waals surface area contributed by atoms with Gasteiger partial charge in [0.15, 0.2) is 11.6 Å². The Hall–Kier alpha value is -1.82. The lowest BCUT2D eigenvalue weighted by molar-refractivity contribution is 0.0478. The summed E-state index contributed by atoms with van der Waals surface area (Å²) in [4.78, 5) is 12.5. The lowest BCUT2D eigenvalue weighted by atomic mass is 10.2. The van der Waals surface area contributed by atoms with E-state index >= 15 is 0 Å². The van der Waals surface area contributed by atoms with Crippen molar-refractivity contribution in [3.8, 4) is 5.75 Å². The zero-order chi connectivity index (χ0) is 17.3. The summed E-state index contributed by atoms with van der Waals surface area (Å²) in [7, 11) is 1.38. The lowest BCUT2D eigenvalue weighted by Gasteiger charge is -2.06. The summed E-state index contributed by atoms with van der Waals surface area (Å²) in [6.07, 6.45) is 0. The third-order valence-corrected chi connectivity index (χ3v) is 5.24. The van der Waals surface area contributed by atoms with Crippen LogP contribution in [0.3, 0.4) is 0 Å². The highest BCUT2D eigenvalue weighted by Crippen LogP contribution is 2.37. The number of methoxy groups -OCH3 is 1. The molecule has 7 heteroatoms. The topological polar surface area (TPSA) is 35.5 Å². The monoisotopic (exact) mass is 384 g/mol. The number of hydrogen-bond donors (Lipinski definition) is 0. The molecule has 0 aliphatic carbocycles. The molecular weight excluding hydrogens is 374 g/mol. The predicted octanol–water partition coefficient (Wildman–Crippen LogP) is 5.71. The van der Waals surface area contributed by atoms with Gasteiger partial charge in [-0.3, -0.25) is 0 Å². The van der Waals surface area contributed by atoms with E-state index in [9.17, 15) is 9.18 Å². The number of fused-ring (bicyclic) bond motifs is 1. The number of benzene rings is 2. The predicted molar refractivity (Wildman–Crippen MR) is 93.9 cm³/mol. The van der Waals surface area contributed by atoms with Gasteiger partial charge in [0.2, 0.25) is 0 Å². The molecule has 0 atom stereocenters. The normalized spacial score (nSPS) is 10.8. The van der Waals surface area contributed by atoms with Gasteiger partial charge in [-0.2, -0.15) is 0 Å². The average Bonchev–Trinajstić information content (AvgIpc) is 2.89. The number of carbonyl (C=O) groups is 1. The number of rotatable bonds is 4. The summed E-state index contributed by atoms with van der Waals surface area (Å²) in [5.41, 5.74) is 0.516. The quantitative estimate of drug-likeness (QED) is 0.540. The first-order chi connectivity index (χ1) is 11.5.